The Labute approximate surface area is 140 Å². The molecule has 0 aromatic carbocycles. The first-order valence-electron chi connectivity index (χ1n) is 7.39. The molecular weight excluding hydrogens is 372 g/mol. The molecule has 2 heterocycles. The minimum Gasteiger partial charge on any atom is -0.313 e. The van der Waals surface area contributed by atoms with E-state index < -0.39 is 10.0 Å². The van der Waals surface area contributed by atoms with Gasteiger partial charge in [-0.2, -0.15) is 4.31 Å². The molecule has 1 fully saturated rings. The molecule has 120 valence electrons. The maximum atomic E-state index is 13.0. The van der Waals surface area contributed by atoms with Crippen molar-refractivity contribution in [3.05, 3.63) is 15.4 Å². The summed E-state index contributed by atoms with van der Waals surface area (Å²) in [6.45, 7) is 7.54. The van der Waals surface area contributed by atoms with Crippen molar-refractivity contribution in [3.8, 4) is 0 Å². The molecule has 2 unspecified atom stereocenters. The van der Waals surface area contributed by atoms with Gasteiger partial charge >= 0.3 is 0 Å². The Kier molecular flexibility index (Phi) is 5.87. The SMILES string of the molecule is CCNC(C)C1CCCCN1S(=O)(=O)c1cc(C)c(Br)s1. The zero-order chi connectivity index (χ0) is 15.6. The van der Waals surface area contributed by atoms with Gasteiger partial charge < -0.3 is 5.32 Å². The second kappa shape index (κ2) is 7.08. The van der Waals surface area contributed by atoms with E-state index in [9.17, 15) is 8.42 Å². The van der Waals surface area contributed by atoms with Gasteiger partial charge in [-0.05, 0) is 60.8 Å². The van der Waals surface area contributed by atoms with E-state index in [2.05, 4.69) is 35.1 Å². The fourth-order valence-corrected chi connectivity index (χ4v) is 6.98. The third-order valence-electron chi connectivity index (χ3n) is 4.00. The minimum absolute atomic E-state index is 0.0462. The van der Waals surface area contributed by atoms with Crippen molar-refractivity contribution in [1.29, 1.82) is 0 Å². The number of nitrogens with one attached hydrogen (secondary N) is 1. The Morgan fingerprint density at radius 3 is 2.81 bits per heavy atom. The van der Waals surface area contributed by atoms with Crippen molar-refractivity contribution in [2.75, 3.05) is 13.1 Å². The van der Waals surface area contributed by atoms with Crippen LogP contribution in [0, 0.1) is 6.92 Å². The van der Waals surface area contributed by atoms with E-state index in [1.54, 1.807) is 10.4 Å². The zero-order valence-corrected chi connectivity index (χ0v) is 15.9. The van der Waals surface area contributed by atoms with Crippen molar-refractivity contribution in [2.24, 2.45) is 0 Å². The summed E-state index contributed by atoms with van der Waals surface area (Å²) in [5.74, 6) is 0. The lowest BCUT2D eigenvalue weighted by molar-refractivity contribution is 0.210. The average molecular weight is 395 g/mol. The summed E-state index contributed by atoms with van der Waals surface area (Å²) in [6, 6.07) is 1.99. The van der Waals surface area contributed by atoms with E-state index in [1.807, 2.05) is 6.92 Å². The molecule has 1 aromatic rings. The second-order valence-electron chi connectivity index (χ2n) is 5.55. The average Bonchev–Trinajstić information content (AvgIpc) is 2.80. The van der Waals surface area contributed by atoms with Gasteiger partial charge in [-0.1, -0.05) is 13.3 Å². The molecular formula is C14H23BrN2O2S2. The van der Waals surface area contributed by atoms with Gasteiger partial charge in [-0.3, -0.25) is 0 Å². The maximum absolute atomic E-state index is 13.0. The fourth-order valence-electron chi connectivity index (χ4n) is 2.86. The molecule has 1 aromatic heterocycles. The molecule has 21 heavy (non-hydrogen) atoms. The van der Waals surface area contributed by atoms with Crippen LogP contribution in [0.15, 0.2) is 14.1 Å². The molecule has 1 aliphatic rings. The highest BCUT2D eigenvalue weighted by molar-refractivity contribution is 9.11. The largest absolute Gasteiger partial charge is 0.313 e. The summed E-state index contributed by atoms with van der Waals surface area (Å²) in [5.41, 5.74) is 0.979. The lowest BCUT2D eigenvalue weighted by Gasteiger charge is -2.38. The normalized spacial score (nSPS) is 22.4. The lowest BCUT2D eigenvalue weighted by atomic mass is 9.99. The van der Waals surface area contributed by atoms with Crippen LogP contribution >= 0.6 is 27.3 Å². The summed E-state index contributed by atoms with van der Waals surface area (Å²) in [5, 5.41) is 3.37. The molecule has 0 saturated carbocycles. The van der Waals surface area contributed by atoms with E-state index in [-0.39, 0.29) is 12.1 Å². The number of aryl methyl sites for hydroxylation is 1. The van der Waals surface area contributed by atoms with Crippen LogP contribution in [0.2, 0.25) is 0 Å². The highest BCUT2D eigenvalue weighted by Gasteiger charge is 2.37. The van der Waals surface area contributed by atoms with Gasteiger partial charge in [0.05, 0.1) is 3.79 Å². The smallest absolute Gasteiger partial charge is 0.252 e. The first kappa shape index (κ1) is 17.4. The van der Waals surface area contributed by atoms with Crippen LogP contribution in [0.3, 0.4) is 0 Å². The number of thiophene rings is 1. The molecule has 0 aliphatic carbocycles. The molecule has 4 nitrogen and oxygen atoms in total. The lowest BCUT2D eigenvalue weighted by Crippen LogP contribution is -2.52. The van der Waals surface area contributed by atoms with Crippen LogP contribution in [0.25, 0.3) is 0 Å². The number of sulfonamides is 1. The van der Waals surface area contributed by atoms with E-state index in [4.69, 9.17) is 0 Å². The number of nitrogens with zero attached hydrogens (tertiary/aromatic N) is 1. The number of piperidine rings is 1. The number of hydrogen-bond donors (Lipinski definition) is 1. The van der Waals surface area contributed by atoms with E-state index in [0.29, 0.717) is 10.8 Å². The molecule has 2 rings (SSSR count). The van der Waals surface area contributed by atoms with E-state index in [1.165, 1.54) is 11.3 Å². The van der Waals surface area contributed by atoms with E-state index >= 15 is 0 Å². The Bertz CT molecular complexity index is 566. The quantitative estimate of drug-likeness (QED) is 0.832. The third-order valence-corrected chi connectivity index (χ3v) is 8.51. The van der Waals surface area contributed by atoms with Gasteiger partial charge in [0, 0.05) is 18.6 Å². The van der Waals surface area contributed by atoms with Gasteiger partial charge in [0.15, 0.2) is 0 Å². The number of halogens is 1. The van der Waals surface area contributed by atoms with Gasteiger partial charge in [-0.15, -0.1) is 11.3 Å². The van der Waals surface area contributed by atoms with Crippen LogP contribution < -0.4 is 5.32 Å². The van der Waals surface area contributed by atoms with Crippen LogP contribution in [0.4, 0.5) is 0 Å². The second-order valence-corrected chi connectivity index (χ2v) is 10.0. The van der Waals surface area contributed by atoms with Gasteiger partial charge in [0.1, 0.15) is 4.21 Å². The molecule has 1 aliphatic heterocycles. The highest BCUT2D eigenvalue weighted by Crippen LogP contribution is 2.35. The molecule has 1 saturated heterocycles. The van der Waals surface area contributed by atoms with Crippen LogP contribution in [0.1, 0.15) is 38.7 Å². The Morgan fingerprint density at radius 1 is 1.52 bits per heavy atom. The molecule has 7 heteroatoms. The number of likely N-dealkylation sites (N-methyl/N-ethyl adjacent to an activating group) is 1. The predicted octanol–water partition coefficient (Wildman–Crippen LogP) is 3.36. The van der Waals surface area contributed by atoms with Crippen LogP contribution in [-0.4, -0.2) is 37.9 Å². The fraction of sp³-hybridized carbons (Fsp3) is 0.714. The molecule has 0 spiro atoms. The summed E-state index contributed by atoms with van der Waals surface area (Å²) in [4.78, 5) is 0. The van der Waals surface area contributed by atoms with Crippen LogP contribution in [-0.2, 0) is 10.0 Å². The van der Waals surface area contributed by atoms with Crippen molar-refractivity contribution in [3.63, 3.8) is 0 Å². The summed E-state index contributed by atoms with van der Waals surface area (Å²) in [6.07, 6.45) is 2.97. The maximum Gasteiger partial charge on any atom is 0.252 e. The number of rotatable bonds is 5. The molecule has 2 atom stereocenters. The van der Waals surface area contributed by atoms with E-state index in [0.717, 1.165) is 35.2 Å². The summed E-state index contributed by atoms with van der Waals surface area (Å²) >= 11 is 4.73. The van der Waals surface area contributed by atoms with Gasteiger partial charge in [0.25, 0.3) is 10.0 Å². The highest BCUT2D eigenvalue weighted by atomic mass is 79.9. The van der Waals surface area contributed by atoms with Gasteiger partial charge in [0.2, 0.25) is 0 Å². The van der Waals surface area contributed by atoms with Crippen molar-refractivity contribution < 1.29 is 8.42 Å². The Morgan fingerprint density at radius 2 is 2.24 bits per heavy atom. The predicted molar refractivity (Wildman–Crippen MR) is 91.4 cm³/mol. The molecule has 0 amide bonds. The van der Waals surface area contributed by atoms with Crippen molar-refractivity contribution in [1.82, 2.24) is 9.62 Å². The van der Waals surface area contributed by atoms with Crippen LogP contribution in [0.5, 0.6) is 0 Å². The number of hydrogen-bond acceptors (Lipinski definition) is 4. The Balaban J connectivity index is 2.31. The Hall–Kier alpha value is 0.0500. The van der Waals surface area contributed by atoms with Gasteiger partial charge in [-0.25, -0.2) is 8.42 Å². The first-order chi connectivity index (χ1) is 9.87. The monoisotopic (exact) mass is 394 g/mol. The minimum atomic E-state index is -3.39. The topological polar surface area (TPSA) is 49.4 Å². The van der Waals surface area contributed by atoms with Crippen molar-refractivity contribution in [2.45, 2.75) is 56.3 Å². The first-order valence-corrected chi connectivity index (χ1v) is 10.4. The van der Waals surface area contributed by atoms with Crippen molar-refractivity contribution >= 4 is 37.3 Å². The third kappa shape index (κ3) is 3.69. The summed E-state index contributed by atoms with van der Waals surface area (Å²) < 4.78 is 29.0. The molecule has 0 radical (unpaired) electrons. The standard InChI is InChI=1S/C14H23BrN2O2S2/c1-4-16-11(3)12-7-5-6-8-17(12)21(18,19)13-9-10(2)14(15)20-13/h9,11-12,16H,4-8H2,1-3H3. The molecule has 0 bridgehead atoms. The zero-order valence-electron chi connectivity index (χ0n) is 12.7. The summed E-state index contributed by atoms with van der Waals surface area (Å²) in [7, 11) is -3.39. The molecule has 1 N–H and O–H groups in total.